The van der Waals surface area contributed by atoms with E-state index >= 15 is 0 Å². The molecule has 0 bridgehead atoms. The van der Waals surface area contributed by atoms with Gasteiger partial charge in [-0.25, -0.2) is 0 Å². The molecule has 0 aromatic heterocycles. The molecule has 2 heterocycles. The Morgan fingerprint density at radius 3 is 1.10 bits per heavy atom. The van der Waals surface area contributed by atoms with Gasteiger partial charge in [0.05, 0.1) is 0 Å². The lowest BCUT2D eigenvalue weighted by atomic mass is 9.79. The second kappa shape index (κ2) is 9.72. The van der Waals surface area contributed by atoms with Gasteiger partial charge in [-0.3, -0.25) is 0 Å². The topological polar surface area (TPSA) is 71.0 Å². The summed E-state index contributed by atoms with van der Waals surface area (Å²) in [6, 6.07) is 0.952. The smallest absolute Gasteiger partial charge is 0.0425 e. The largest absolute Gasteiger partial charge is 0.314 e. The number of hydrogen-bond donors (Lipinski definition) is 4. The summed E-state index contributed by atoms with van der Waals surface area (Å²) in [5.74, 6) is 0. The Bertz CT molecular complexity index is 463. The first-order valence-electron chi connectivity index (χ1n) is 12.1. The van der Waals surface area contributed by atoms with Crippen LogP contribution in [0.1, 0.15) is 107 Å². The Hall–Kier alpha value is -0.240. The van der Waals surface area contributed by atoms with Gasteiger partial charge >= 0.3 is 0 Å². The Balaban J connectivity index is 1.58. The van der Waals surface area contributed by atoms with Gasteiger partial charge in [-0.1, -0.05) is 12.8 Å². The predicted molar refractivity (Wildman–Crippen MR) is 124 cm³/mol. The summed E-state index contributed by atoms with van der Waals surface area (Å²) in [5.41, 5.74) is -0.721. The standard InChI is InChI=1S/C24H50N4O2/c1-21(2)15-19(16-22(3,4)27(21)29)25-13-11-9-10-12-14-26-20-17-23(5,6)28(30)24(7,8)18-20/h19-20,25-26,29-30H,9-18H2,1-8H3. The van der Waals surface area contributed by atoms with Gasteiger partial charge in [-0.2, -0.15) is 10.1 Å². The van der Waals surface area contributed by atoms with E-state index in [0.717, 1.165) is 38.8 Å². The van der Waals surface area contributed by atoms with Crippen molar-refractivity contribution in [3.05, 3.63) is 0 Å². The minimum Gasteiger partial charge on any atom is -0.314 e. The third-order valence-electron chi connectivity index (χ3n) is 7.25. The summed E-state index contributed by atoms with van der Waals surface area (Å²) in [6.45, 7) is 19.1. The van der Waals surface area contributed by atoms with Crippen molar-refractivity contribution in [2.24, 2.45) is 0 Å². The summed E-state index contributed by atoms with van der Waals surface area (Å²) in [4.78, 5) is 0. The van der Waals surface area contributed by atoms with Crippen molar-refractivity contribution in [3.63, 3.8) is 0 Å². The molecule has 2 aliphatic heterocycles. The molecular weight excluding hydrogens is 376 g/mol. The van der Waals surface area contributed by atoms with Crippen molar-refractivity contribution < 1.29 is 10.4 Å². The van der Waals surface area contributed by atoms with Crippen LogP contribution in [0.25, 0.3) is 0 Å². The molecule has 4 N–H and O–H groups in total. The maximum Gasteiger partial charge on any atom is 0.0425 e. The van der Waals surface area contributed by atoms with Crippen LogP contribution in [-0.4, -0.2) is 67.9 Å². The average Bonchev–Trinajstić information content (AvgIpc) is 2.59. The van der Waals surface area contributed by atoms with Crippen molar-refractivity contribution in [2.45, 2.75) is 141 Å². The number of piperidine rings is 2. The molecule has 178 valence electrons. The zero-order chi connectivity index (χ0) is 22.8. The lowest BCUT2D eigenvalue weighted by Crippen LogP contribution is -2.62. The number of unbranched alkanes of at least 4 members (excludes halogenated alkanes) is 3. The normalized spacial score (nSPS) is 27.4. The summed E-state index contributed by atoms with van der Waals surface area (Å²) in [7, 11) is 0. The van der Waals surface area contributed by atoms with Gasteiger partial charge in [-0.15, -0.1) is 0 Å². The molecule has 0 aromatic rings. The first-order chi connectivity index (χ1) is 13.7. The van der Waals surface area contributed by atoms with Gasteiger partial charge < -0.3 is 21.0 Å². The molecule has 0 radical (unpaired) electrons. The van der Waals surface area contributed by atoms with Gasteiger partial charge in [0, 0.05) is 34.2 Å². The Morgan fingerprint density at radius 2 is 0.833 bits per heavy atom. The molecule has 2 rings (SSSR count). The molecule has 2 fully saturated rings. The molecule has 0 aliphatic carbocycles. The molecular formula is C24H50N4O2. The molecule has 30 heavy (non-hydrogen) atoms. The Kier molecular flexibility index (Phi) is 8.43. The quantitative estimate of drug-likeness (QED) is 0.406. The average molecular weight is 427 g/mol. The fourth-order valence-electron chi connectivity index (χ4n) is 6.05. The highest BCUT2D eigenvalue weighted by atomic mass is 16.5. The van der Waals surface area contributed by atoms with Gasteiger partial charge in [0.1, 0.15) is 0 Å². The number of nitrogens with zero attached hydrogens (tertiary/aromatic N) is 2. The van der Waals surface area contributed by atoms with Gasteiger partial charge in [0.2, 0.25) is 0 Å². The zero-order valence-electron chi connectivity index (χ0n) is 21.0. The molecule has 6 nitrogen and oxygen atoms in total. The minimum absolute atomic E-state index is 0.180. The number of nitrogens with one attached hydrogen (secondary N) is 2. The number of hydroxylamine groups is 4. The van der Waals surface area contributed by atoms with Crippen LogP contribution in [-0.2, 0) is 0 Å². The van der Waals surface area contributed by atoms with Crippen molar-refractivity contribution in [3.8, 4) is 0 Å². The first kappa shape index (κ1) is 26.0. The van der Waals surface area contributed by atoms with E-state index in [4.69, 9.17) is 0 Å². The summed E-state index contributed by atoms with van der Waals surface area (Å²) in [6.07, 6.45) is 8.86. The zero-order valence-corrected chi connectivity index (χ0v) is 21.0. The second-order valence-electron chi connectivity index (χ2n) is 12.4. The third kappa shape index (κ3) is 6.63. The SMILES string of the molecule is CC1(C)CC(NCCCCCCNC2CC(C)(C)N(O)C(C)(C)C2)CC(C)(C)N1O. The van der Waals surface area contributed by atoms with E-state index in [1.54, 1.807) is 10.1 Å². The van der Waals surface area contributed by atoms with E-state index < -0.39 is 0 Å². The maximum absolute atomic E-state index is 10.4. The van der Waals surface area contributed by atoms with E-state index in [9.17, 15) is 10.4 Å². The lowest BCUT2D eigenvalue weighted by Gasteiger charge is -2.51. The minimum atomic E-state index is -0.180. The lowest BCUT2D eigenvalue weighted by molar-refractivity contribution is -0.246. The van der Waals surface area contributed by atoms with Crippen LogP contribution in [0, 0.1) is 0 Å². The van der Waals surface area contributed by atoms with E-state index in [2.05, 4.69) is 66.0 Å². The van der Waals surface area contributed by atoms with Gasteiger partial charge in [0.15, 0.2) is 0 Å². The predicted octanol–water partition coefficient (Wildman–Crippen LogP) is 4.55. The molecule has 0 unspecified atom stereocenters. The van der Waals surface area contributed by atoms with Crippen LogP contribution in [0.4, 0.5) is 0 Å². The van der Waals surface area contributed by atoms with Crippen molar-refractivity contribution in [2.75, 3.05) is 13.1 Å². The van der Waals surface area contributed by atoms with E-state index in [0.29, 0.717) is 12.1 Å². The number of rotatable bonds is 9. The molecule has 0 saturated carbocycles. The molecule has 2 aliphatic rings. The van der Waals surface area contributed by atoms with Crippen LogP contribution in [0.2, 0.25) is 0 Å². The van der Waals surface area contributed by atoms with Crippen molar-refractivity contribution >= 4 is 0 Å². The van der Waals surface area contributed by atoms with Crippen LogP contribution in [0.5, 0.6) is 0 Å². The fraction of sp³-hybridized carbons (Fsp3) is 1.00. The molecule has 0 amide bonds. The van der Waals surface area contributed by atoms with Gasteiger partial charge in [-0.05, 0) is 107 Å². The van der Waals surface area contributed by atoms with Crippen LogP contribution in [0.15, 0.2) is 0 Å². The molecule has 6 heteroatoms. The number of hydrogen-bond acceptors (Lipinski definition) is 6. The highest BCUT2D eigenvalue weighted by Gasteiger charge is 2.45. The van der Waals surface area contributed by atoms with Crippen molar-refractivity contribution in [1.82, 2.24) is 20.8 Å². The monoisotopic (exact) mass is 426 g/mol. The molecule has 0 spiro atoms. The van der Waals surface area contributed by atoms with Gasteiger partial charge in [0.25, 0.3) is 0 Å². The maximum atomic E-state index is 10.4. The van der Waals surface area contributed by atoms with E-state index in [1.807, 2.05) is 0 Å². The third-order valence-corrected chi connectivity index (χ3v) is 7.25. The van der Waals surface area contributed by atoms with E-state index in [-0.39, 0.29) is 22.2 Å². The first-order valence-corrected chi connectivity index (χ1v) is 12.1. The summed E-state index contributed by atoms with van der Waals surface area (Å²) < 4.78 is 0. The summed E-state index contributed by atoms with van der Waals surface area (Å²) in [5, 5.41) is 31.4. The van der Waals surface area contributed by atoms with Crippen molar-refractivity contribution in [1.29, 1.82) is 0 Å². The molecule has 0 aromatic carbocycles. The summed E-state index contributed by atoms with van der Waals surface area (Å²) >= 11 is 0. The molecule has 0 atom stereocenters. The van der Waals surface area contributed by atoms with E-state index in [1.165, 1.54) is 25.7 Å². The molecule has 2 saturated heterocycles. The van der Waals surface area contributed by atoms with Crippen LogP contribution in [0.3, 0.4) is 0 Å². The Labute approximate surface area is 185 Å². The second-order valence-corrected chi connectivity index (χ2v) is 12.4. The Morgan fingerprint density at radius 1 is 0.567 bits per heavy atom. The highest BCUT2D eigenvalue weighted by Crippen LogP contribution is 2.37. The highest BCUT2D eigenvalue weighted by molar-refractivity contribution is 4.99. The van der Waals surface area contributed by atoms with Crippen LogP contribution >= 0.6 is 0 Å². The fourth-order valence-corrected chi connectivity index (χ4v) is 6.05. The van der Waals surface area contributed by atoms with Crippen LogP contribution < -0.4 is 10.6 Å².